The maximum absolute atomic E-state index is 13.4. The number of anilines is 2. The van der Waals surface area contributed by atoms with Crippen molar-refractivity contribution in [2.75, 3.05) is 16.8 Å². The van der Waals surface area contributed by atoms with Gasteiger partial charge in [0.1, 0.15) is 23.7 Å². The van der Waals surface area contributed by atoms with Crippen LogP contribution in [0.1, 0.15) is 16.7 Å². The van der Waals surface area contributed by atoms with Gasteiger partial charge < -0.3 is 14.8 Å². The number of nitrogens with zero attached hydrogens (tertiary/aromatic N) is 1. The SMILES string of the molecule is Cc1cccc(NC(=O)COc2ccccc2/C=C2\C(=O)NC(=O)N(c3ccc(OCc4ccccc4)cc3)C2=O)c1. The summed E-state index contributed by atoms with van der Waals surface area (Å²) in [5, 5.41) is 4.98. The fourth-order valence-electron chi connectivity index (χ4n) is 4.27. The van der Waals surface area contributed by atoms with Crippen molar-refractivity contribution in [2.24, 2.45) is 0 Å². The van der Waals surface area contributed by atoms with Gasteiger partial charge in [0, 0.05) is 11.3 Å². The average Bonchev–Trinajstić information content (AvgIpc) is 2.99. The van der Waals surface area contributed by atoms with Crippen molar-refractivity contribution in [2.45, 2.75) is 13.5 Å². The minimum absolute atomic E-state index is 0.264. The second-order valence-electron chi connectivity index (χ2n) is 9.47. The third-order valence-electron chi connectivity index (χ3n) is 6.32. The molecule has 9 nitrogen and oxygen atoms in total. The molecule has 0 spiro atoms. The number of para-hydroxylation sites is 1. The molecule has 1 aliphatic rings. The number of hydrogen-bond acceptors (Lipinski definition) is 6. The monoisotopic (exact) mass is 561 g/mol. The summed E-state index contributed by atoms with van der Waals surface area (Å²) in [6.07, 6.45) is 1.34. The van der Waals surface area contributed by atoms with Crippen LogP contribution in [0.4, 0.5) is 16.2 Å². The third kappa shape index (κ3) is 6.71. The number of rotatable bonds is 9. The number of ether oxygens (including phenoxy) is 2. The molecule has 9 heteroatoms. The highest BCUT2D eigenvalue weighted by molar-refractivity contribution is 6.39. The van der Waals surface area contributed by atoms with Gasteiger partial charge in [-0.25, -0.2) is 9.69 Å². The Labute approximate surface area is 242 Å². The molecule has 4 aromatic rings. The average molecular weight is 562 g/mol. The molecule has 5 rings (SSSR count). The molecule has 1 fully saturated rings. The Morgan fingerprint density at radius 3 is 2.36 bits per heavy atom. The maximum Gasteiger partial charge on any atom is 0.335 e. The zero-order valence-corrected chi connectivity index (χ0v) is 22.7. The van der Waals surface area contributed by atoms with Crippen LogP contribution in [0.5, 0.6) is 11.5 Å². The van der Waals surface area contributed by atoms with E-state index in [-0.39, 0.29) is 29.5 Å². The van der Waals surface area contributed by atoms with Gasteiger partial charge in [-0.2, -0.15) is 0 Å². The summed E-state index contributed by atoms with van der Waals surface area (Å²) in [4.78, 5) is 52.1. The van der Waals surface area contributed by atoms with E-state index in [0.717, 1.165) is 16.0 Å². The first-order chi connectivity index (χ1) is 20.4. The van der Waals surface area contributed by atoms with E-state index in [1.165, 1.54) is 6.08 Å². The molecule has 2 N–H and O–H groups in total. The lowest BCUT2D eigenvalue weighted by atomic mass is 10.1. The van der Waals surface area contributed by atoms with Crippen LogP contribution in [0.2, 0.25) is 0 Å². The van der Waals surface area contributed by atoms with Crippen molar-refractivity contribution in [1.82, 2.24) is 5.32 Å². The number of carbonyl (C=O) groups is 4. The van der Waals surface area contributed by atoms with Gasteiger partial charge in [-0.3, -0.25) is 19.7 Å². The largest absolute Gasteiger partial charge is 0.489 e. The Morgan fingerprint density at radius 1 is 0.857 bits per heavy atom. The molecule has 0 aliphatic carbocycles. The van der Waals surface area contributed by atoms with Crippen molar-refractivity contribution >= 4 is 41.2 Å². The third-order valence-corrected chi connectivity index (χ3v) is 6.32. The molecule has 0 saturated carbocycles. The lowest BCUT2D eigenvalue weighted by molar-refractivity contribution is -0.122. The number of imide groups is 2. The smallest absolute Gasteiger partial charge is 0.335 e. The predicted octanol–water partition coefficient (Wildman–Crippen LogP) is 5.26. The standard InChI is InChI=1S/C33H27N3O6/c1-22-8-7-12-25(18-22)34-30(37)21-42-29-13-6-5-11-24(29)19-28-31(38)35-33(40)36(32(28)39)26-14-16-27(17-15-26)41-20-23-9-3-2-4-10-23/h2-19H,20-21H2,1H3,(H,34,37)(H,35,38,40)/b28-19+. The first-order valence-electron chi connectivity index (χ1n) is 13.1. The number of nitrogens with one attached hydrogen (secondary N) is 2. The van der Waals surface area contributed by atoms with Gasteiger partial charge >= 0.3 is 6.03 Å². The molecule has 0 aromatic heterocycles. The summed E-state index contributed by atoms with van der Waals surface area (Å²) in [5.41, 5.74) is 3.03. The molecule has 42 heavy (non-hydrogen) atoms. The predicted molar refractivity (Wildman–Crippen MR) is 158 cm³/mol. The number of hydrogen-bond donors (Lipinski definition) is 2. The Morgan fingerprint density at radius 2 is 1.60 bits per heavy atom. The van der Waals surface area contributed by atoms with Crippen LogP contribution in [0.3, 0.4) is 0 Å². The molecule has 0 atom stereocenters. The van der Waals surface area contributed by atoms with Crippen LogP contribution in [-0.4, -0.2) is 30.4 Å². The normalized spacial score (nSPS) is 14.0. The second-order valence-corrected chi connectivity index (χ2v) is 9.47. The van der Waals surface area contributed by atoms with Gasteiger partial charge in [0.15, 0.2) is 6.61 Å². The van der Waals surface area contributed by atoms with E-state index in [1.807, 2.05) is 55.5 Å². The fourth-order valence-corrected chi connectivity index (χ4v) is 4.27. The minimum Gasteiger partial charge on any atom is -0.489 e. The van der Waals surface area contributed by atoms with Crippen LogP contribution >= 0.6 is 0 Å². The minimum atomic E-state index is -0.863. The summed E-state index contributed by atoms with van der Waals surface area (Å²) < 4.78 is 11.5. The van der Waals surface area contributed by atoms with Crippen LogP contribution in [0, 0.1) is 6.92 Å². The highest BCUT2D eigenvalue weighted by atomic mass is 16.5. The topological polar surface area (TPSA) is 114 Å². The highest BCUT2D eigenvalue weighted by Gasteiger charge is 2.37. The van der Waals surface area contributed by atoms with E-state index in [9.17, 15) is 19.2 Å². The number of benzene rings is 4. The van der Waals surface area contributed by atoms with Crippen molar-refractivity contribution < 1.29 is 28.7 Å². The number of barbiturate groups is 1. The van der Waals surface area contributed by atoms with Crippen LogP contribution in [0.25, 0.3) is 6.08 Å². The number of carbonyl (C=O) groups excluding carboxylic acids is 4. The molecule has 0 radical (unpaired) electrons. The molecular weight excluding hydrogens is 534 g/mol. The number of amides is 5. The van der Waals surface area contributed by atoms with Crippen LogP contribution in [0.15, 0.2) is 109 Å². The van der Waals surface area contributed by atoms with E-state index in [4.69, 9.17) is 9.47 Å². The Bertz CT molecular complexity index is 1660. The maximum atomic E-state index is 13.4. The van der Waals surface area contributed by atoms with Crippen molar-refractivity contribution in [1.29, 1.82) is 0 Å². The highest BCUT2D eigenvalue weighted by Crippen LogP contribution is 2.27. The van der Waals surface area contributed by atoms with Gasteiger partial charge in [0.25, 0.3) is 17.7 Å². The number of aryl methyl sites for hydroxylation is 1. The van der Waals surface area contributed by atoms with E-state index in [1.54, 1.807) is 54.6 Å². The molecule has 1 saturated heterocycles. The zero-order valence-electron chi connectivity index (χ0n) is 22.7. The first-order valence-corrected chi connectivity index (χ1v) is 13.1. The molecule has 210 valence electrons. The quantitative estimate of drug-likeness (QED) is 0.213. The van der Waals surface area contributed by atoms with E-state index >= 15 is 0 Å². The fraction of sp³-hybridized carbons (Fsp3) is 0.0909. The molecular formula is C33H27N3O6. The molecule has 1 aliphatic heterocycles. The van der Waals surface area contributed by atoms with Crippen molar-refractivity contribution in [3.8, 4) is 11.5 Å². The van der Waals surface area contributed by atoms with E-state index in [2.05, 4.69) is 10.6 Å². The summed E-state index contributed by atoms with van der Waals surface area (Å²) >= 11 is 0. The summed E-state index contributed by atoms with van der Waals surface area (Å²) in [6, 6.07) is 29.2. The first kappa shape index (κ1) is 27.9. The molecule has 5 amide bonds. The summed E-state index contributed by atoms with van der Waals surface area (Å²) in [6.45, 7) is 1.99. The van der Waals surface area contributed by atoms with Crippen molar-refractivity contribution in [3.05, 3.63) is 125 Å². The van der Waals surface area contributed by atoms with Crippen LogP contribution < -0.4 is 25.0 Å². The van der Waals surface area contributed by atoms with Crippen LogP contribution in [-0.2, 0) is 21.0 Å². The van der Waals surface area contributed by atoms with E-state index < -0.39 is 17.8 Å². The molecule has 4 aromatic carbocycles. The summed E-state index contributed by atoms with van der Waals surface area (Å²) in [7, 11) is 0. The van der Waals surface area contributed by atoms with Gasteiger partial charge in [0.05, 0.1) is 5.69 Å². The second kappa shape index (κ2) is 12.6. The lowest BCUT2D eigenvalue weighted by Gasteiger charge is -2.26. The van der Waals surface area contributed by atoms with Gasteiger partial charge in [-0.05, 0) is 66.6 Å². The van der Waals surface area contributed by atoms with E-state index in [0.29, 0.717) is 23.6 Å². The molecule has 0 bridgehead atoms. The molecule has 1 heterocycles. The zero-order chi connectivity index (χ0) is 29.5. The lowest BCUT2D eigenvalue weighted by Crippen LogP contribution is -2.54. The Hall–Kier alpha value is -5.70. The Balaban J connectivity index is 1.29. The van der Waals surface area contributed by atoms with Crippen molar-refractivity contribution in [3.63, 3.8) is 0 Å². The molecule has 0 unspecified atom stereocenters. The Kier molecular flexibility index (Phi) is 8.39. The van der Waals surface area contributed by atoms with Gasteiger partial charge in [-0.1, -0.05) is 60.7 Å². The van der Waals surface area contributed by atoms with Gasteiger partial charge in [0.2, 0.25) is 0 Å². The summed E-state index contributed by atoms with van der Waals surface area (Å²) in [5.74, 6) is -1.17. The van der Waals surface area contributed by atoms with Gasteiger partial charge in [-0.15, -0.1) is 0 Å². The number of urea groups is 1.